The zero-order chi connectivity index (χ0) is 26.2. The average molecular weight is 570 g/mol. The lowest BCUT2D eigenvalue weighted by molar-refractivity contribution is 0.0696. The molecule has 0 bridgehead atoms. The lowest BCUT2D eigenvalue weighted by Crippen LogP contribution is -2.34. The maximum atomic E-state index is 14.5. The van der Waals surface area contributed by atoms with Crippen LogP contribution >= 0.6 is 34.5 Å². The second kappa shape index (κ2) is 8.79. The van der Waals surface area contributed by atoms with E-state index < -0.39 is 11.8 Å². The number of aromatic nitrogens is 2. The molecule has 0 amide bonds. The number of fused-ring (bicyclic) bond motifs is 1. The Labute approximate surface area is 231 Å². The van der Waals surface area contributed by atoms with Gasteiger partial charge in [0.05, 0.1) is 20.3 Å². The van der Waals surface area contributed by atoms with Crippen molar-refractivity contribution in [3.05, 3.63) is 68.7 Å². The molecule has 0 unspecified atom stereocenters. The van der Waals surface area contributed by atoms with Crippen molar-refractivity contribution in [1.29, 1.82) is 0 Å². The summed E-state index contributed by atoms with van der Waals surface area (Å²) in [4.78, 5) is 18.0. The number of nitrogens with zero attached hydrogens (tertiary/aromatic N) is 3. The van der Waals surface area contributed by atoms with Crippen molar-refractivity contribution < 1.29 is 18.8 Å². The number of carbonyl (C=O) groups is 1. The molecule has 2 aromatic carbocycles. The maximum absolute atomic E-state index is 14.5. The van der Waals surface area contributed by atoms with Crippen LogP contribution in [0.5, 0.6) is 0 Å². The highest BCUT2D eigenvalue weighted by molar-refractivity contribution is 7.22. The quantitative estimate of drug-likeness (QED) is 0.262. The fraction of sp³-hybridized carbons (Fsp3) is 0.321. The van der Waals surface area contributed by atoms with E-state index in [-0.39, 0.29) is 16.5 Å². The molecule has 194 valence electrons. The second-order valence-corrected chi connectivity index (χ2v) is 12.4. The normalized spacial score (nSPS) is 20.9. The van der Waals surface area contributed by atoms with E-state index in [1.54, 1.807) is 0 Å². The Morgan fingerprint density at radius 2 is 2.00 bits per heavy atom. The Bertz CT molecular complexity index is 1630. The summed E-state index contributed by atoms with van der Waals surface area (Å²) < 4.78 is 20.9. The van der Waals surface area contributed by atoms with Gasteiger partial charge in [-0.2, -0.15) is 0 Å². The first-order valence-electron chi connectivity index (χ1n) is 12.5. The lowest BCUT2D eigenvalue weighted by atomic mass is 9.64. The zero-order valence-corrected chi connectivity index (χ0v) is 22.5. The molecule has 6 nitrogen and oxygen atoms in total. The topological polar surface area (TPSA) is 79.5 Å². The highest BCUT2D eigenvalue weighted by atomic mass is 35.5. The minimum Gasteiger partial charge on any atom is -0.478 e. The molecule has 1 saturated heterocycles. The molecule has 2 aliphatic carbocycles. The number of aromatic carboxylic acids is 1. The van der Waals surface area contributed by atoms with E-state index in [9.17, 15) is 14.3 Å². The Kier molecular flexibility index (Phi) is 5.58. The van der Waals surface area contributed by atoms with Gasteiger partial charge >= 0.3 is 5.97 Å². The van der Waals surface area contributed by atoms with Gasteiger partial charge in [-0.1, -0.05) is 51.3 Å². The van der Waals surface area contributed by atoms with E-state index in [0.29, 0.717) is 31.9 Å². The first-order valence-corrected chi connectivity index (χ1v) is 14.1. The molecule has 2 saturated carbocycles. The monoisotopic (exact) mass is 569 g/mol. The fourth-order valence-electron chi connectivity index (χ4n) is 5.83. The summed E-state index contributed by atoms with van der Waals surface area (Å²) in [6.07, 6.45) is 7.33. The minimum atomic E-state index is -1.15. The van der Waals surface area contributed by atoms with Crippen molar-refractivity contribution in [2.45, 2.75) is 38.0 Å². The van der Waals surface area contributed by atoms with Crippen molar-refractivity contribution in [1.82, 2.24) is 10.1 Å². The van der Waals surface area contributed by atoms with E-state index in [1.807, 2.05) is 18.2 Å². The van der Waals surface area contributed by atoms with Crippen molar-refractivity contribution in [3.63, 3.8) is 0 Å². The fourth-order valence-corrected chi connectivity index (χ4v) is 7.45. The van der Waals surface area contributed by atoms with Crippen LogP contribution in [-0.4, -0.2) is 34.3 Å². The highest BCUT2D eigenvalue weighted by Gasteiger charge is 2.46. The maximum Gasteiger partial charge on any atom is 0.335 e. The van der Waals surface area contributed by atoms with Gasteiger partial charge in [0.25, 0.3) is 0 Å². The van der Waals surface area contributed by atoms with Crippen molar-refractivity contribution >= 4 is 61.9 Å². The number of anilines is 1. The minimum absolute atomic E-state index is 0.0615. The van der Waals surface area contributed by atoms with Crippen molar-refractivity contribution in [2.75, 3.05) is 18.0 Å². The van der Waals surface area contributed by atoms with Gasteiger partial charge in [-0.15, -0.1) is 0 Å². The van der Waals surface area contributed by atoms with Gasteiger partial charge < -0.3 is 14.5 Å². The van der Waals surface area contributed by atoms with Crippen LogP contribution in [0, 0.1) is 11.2 Å². The summed E-state index contributed by atoms with van der Waals surface area (Å²) in [6, 6.07) is 7.98. The number of benzene rings is 2. The molecule has 1 spiro atoms. The summed E-state index contributed by atoms with van der Waals surface area (Å²) >= 11 is 14.4. The summed E-state index contributed by atoms with van der Waals surface area (Å²) in [5.74, 6) is -0.441. The molecule has 10 heteroatoms. The van der Waals surface area contributed by atoms with Gasteiger partial charge in [-0.3, -0.25) is 0 Å². The number of allylic oxidation sites excluding steroid dienone is 1. The van der Waals surface area contributed by atoms with Gasteiger partial charge in [0.2, 0.25) is 0 Å². The number of halogens is 3. The zero-order valence-electron chi connectivity index (χ0n) is 20.1. The smallest absolute Gasteiger partial charge is 0.335 e. The first-order chi connectivity index (χ1) is 18.3. The molecule has 1 aliphatic heterocycles. The van der Waals surface area contributed by atoms with Crippen molar-refractivity contribution in [3.8, 4) is 11.3 Å². The molecule has 3 heterocycles. The SMILES string of the molecule is O=C(O)c1cc(F)c2nc(N3CCC4(CC(=Cc5c(-c6c(Cl)cccc6Cl)noc5C5CC5)C4)C3)sc2c1. The molecule has 0 radical (unpaired) electrons. The highest BCUT2D eigenvalue weighted by Crippen LogP contribution is 2.54. The van der Waals surface area contributed by atoms with E-state index in [0.717, 1.165) is 67.7 Å². The van der Waals surface area contributed by atoms with Gasteiger partial charge in [-0.25, -0.2) is 14.2 Å². The first kappa shape index (κ1) is 24.1. The molecule has 0 atom stereocenters. The molecule has 7 rings (SSSR count). The Morgan fingerprint density at radius 1 is 1.24 bits per heavy atom. The molecular weight excluding hydrogens is 548 g/mol. The second-order valence-electron chi connectivity index (χ2n) is 10.6. The third-order valence-electron chi connectivity index (χ3n) is 7.85. The number of carboxylic acids is 1. The van der Waals surface area contributed by atoms with E-state index >= 15 is 0 Å². The summed E-state index contributed by atoms with van der Waals surface area (Å²) in [5, 5.41) is 15.5. The largest absolute Gasteiger partial charge is 0.478 e. The standard InChI is InChI=1S/C28H22Cl2FN3O3S/c29-18-2-1-3-19(30)22(18)23-17(25(37-33-23)15-4-5-15)8-14-11-28(12-14)6-7-34(13-28)27-32-24-20(31)9-16(26(35)36)10-21(24)38-27/h1-3,8-10,15H,4-7,11-13H2,(H,35,36). The van der Waals surface area contributed by atoms with E-state index in [4.69, 9.17) is 27.7 Å². The van der Waals surface area contributed by atoms with Crippen LogP contribution in [0.15, 0.2) is 40.4 Å². The summed E-state index contributed by atoms with van der Waals surface area (Å²) in [6.45, 7) is 1.67. The molecule has 4 aromatic rings. The third-order valence-corrected chi connectivity index (χ3v) is 9.54. The lowest BCUT2D eigenvalue weighted by Gasteiger charge is -2.40. The molecule has 3 aliphatic rings. The molecule has 3 fully saturated rings. The van der Waals surface area contributed by atoms with E-state index in [2.05, 4.69) is 21.1 Å². The van der Waals surface area contributed by atoms with Crippen LogP contribution in [-0.2, 0) is 0 Å². The van der Waals surface area contributed by atoms with Crippen LogP contribution in [0.2, 0.25) is 10.0 Å². The number of hydrogen-bond donors (Lipinski definition) is 1. The van der Waals surface area contributed by atoms with Crippen LogP contribution in [0.3, 0.4) is 0 Å². The Hall–Kier alpha value is -2.94. The van der Waals surface area contributed by atoms with Gasteiger partial charge in [0, 0.05) is 30.1 Å². The summed E-state index contributed by atoms with van der Waals surface area (Å²) in [5.41, 5.74) is 4.04. The Balaban J connectivity index is 1.14. The molecule has 2 aromatic heterocycles. The third kappa shape index (κ3) is 4.01. The van der Waals surface area contributed by atoms with Gasteiger partial charge in [0.1, 0.15) is 17.0 Å². The molecule has 1 N–H and O–H groups in total. The van der Waals surface area contributed by atoms with E-state index in [1.165, 1.54) is 23.0 Å². The number of carboxylic acid groups (broad SMARTS) is 1. The van der Waals surface area contributed by atoms with Crippen LogP contribution in [0.1, 0.15) is 59.7 Å². The number of hydrogen-bond acceptors (Lipinski definition) is 6. The van der Waals surface area contributed by atoms with Crippen LogP contribution < -0.4 is 4.90 Å². The van der Waals surface area contributed by atoms with Gasteiger partial charge in [0.15, 0.2) is 10.9 Å². The van der Waals surface area contributed by atoms with Crippen LogP contribution in [0.4, 0.5) is 9.52 Å². The summed E-state index contributed by atoms with van der Waals surface area (Å²) in [7, 11) is 0. The number of thiazole rings is 1. The Morgan fingerprint density at radius 3 is 2.71 bits per heavy atom. The van der Waals surface area contributed by atoms with Crippen LogP contribution in [0.25, 0.3) is 27.6 Å². The predicted molar refractivity (Wildman–Crippen MR) is 147 cm³/mol. The average Bonchev–Trinajstić information content (AvgIpc) is 3.26. The molecule has 38 heavy (non-hydrogen) atoms. The molecular formula is C28H22Cl2FN3O3S. The van der Waals surface area contributed by atoms with Gasteiger partial charge in [-0.05, 0) is 67.9 Å². The predicted octanol–water partition coefficient (Wildman–Crippen LogP) is 8.05. The van der Waals surface area contributed by atoms with Crippen molar-refractivity contribution in [2.24, 2.45) is 5.41 Å². The number of rotatable bonds is 5.